The molecule has 1 aliphatic heterocycles. The zero-order valence-corrected chi connectivity index (χ0v) is 13.9. The molecule has 114 valence electrons. The van der Waals surface area contributed by atoms with Crippen molar-refractivity contribution in [1.29, 1.82) is 0 Å². The van der Waals surface area contributed by atoms with E-state index in [9.17, 15) is 0 Å². The van der Waals surface area contributed by atoms with Gasteiger partial charge >= 0.3 is 0 Å². The van der Waals surface area contributed by atoms with Gasteiger partial charge in [0.25, 0.3) is 0 Å². The van der Waals surface area contributed by atoms with Crippen LogP contribution < -0.4 is 10.6 Å². The lowest BCUT2D eigenvalue weighted by molar-refractivity contribution is 0.253. The van der Waals surface area contributed by atoms with Crippen LogP contribution >= 0.6 is 11.3 Å². The van der Waals surface area contributed by atoms with Crippen molar-refractivity contribution in [2.45, 2.75) is 39.0 Å². The Morgan fingerprint density at radius 3 is 2.45 bits per heavy atom. The molecule has 2 heterocycles. The number of nitrogens with zero attached hydrogens (tertiary/aromatic N) is 3. The third-order valence-electron chi connectivity index (χ3n) is 3.83. The first-order chi connectivity index (χ1) is 9.50. The standard InChI is InChI=1S/C15H28N4S/c1-15(2,3)13-12-20-14(17-13)19-10-8-18(9-11-19)7-5-4-6-16/h12H,4-11,16H2,1-3H3. The minimum absolute atomic E-state index is 0.152. The van der Waals surface area contributed by atoms with E-state index in [1.165, 1.54) is 23.8 Å². The largest absolute Gasteiger partial charge is 0.346 e. The van der Waals surface area contributed by atoms with Crippen molar-refractivity contribution in [3.8, 4) is 0 Å². The van der Waals surface area contributed by atoms with Gasteiger partial charge in [-0.25, -0.2) is 4.98 Å². The fourth-order valence-corrected chi connectivity index (χ4v) is 3.50. The number of aromatic nitrogens is 1. The molecule has 5 heteroatoms. The van der Waals surface area contributed by atoms with E-state index in [1.54, 1.807) is 11.3 Å². The Morgan fingerprint density at radius 1 is 1.20 bits per heavy atom. The van der Waals surface area contributed by atoms with Gasteiger partial charge in [-0.1, -0.05) is 20.8 Å². The first-order valence-electron chi connectivity index (χ1n) is 7.64. The molecule has 1 saturated heterocycles. The first-order valence-corrected chi connectivity index (χ1v) is 8.52. The molecule has 4 nitrogen and oxygen atoms in total. The second-order valence-electron chi connectivity index (χ2n) is 6.59. The van der Waals surface area contributed by atoms with Crippen LogP contribution in [0.4, 0.5) is 5.13 Å². The number of hydrogen-bond acceptors (Lipinski definition) is 5. The van der Waals surface area contributed by atoms with Crippen LogP contribution in [-0.2, 0) is 5.41 Å². The van der Waals surface area contributed by atoms with Gasteiger partial charge in [0.15, 0.2) is 5.13 Å². The molecule has 0 bridgehead atoms. The predicted molar refractivity (Wildman–Crippen MR) is 87.8 cm³/mol. The second kappa shape index (κ2) is 6.87. The van der Waals surface area contributed by atoms with Crippen LogP contribution in [0.25, 0.3) is 0 Å². The maximum atomic E-state index is 5.55. The minimum atomic E-state index is 0.152. The molecule has 1 fully saturated rings. The van der Waals surface area contributed by atoms with E-state index in [0.29, 0.717) is 0 Å². The van der Waals surface area contributed by atoms with Crippen molar-refractivity contribution in [1.82, 2.24) is 9.88 Å². The number of rotatable bonds is 5. The molecule has 1 aromatic heterocycles. The highest BCUT2D eigenvalue weighted by Crippen LogP contribution is 2.29. The molecular formula is C15H28N4S. The summed E-state index contributed by atoms with van der Waals surface area (Å²) in [5.41, 5.74) is 6.91. The van der Waals surface area contributed by atoms with Crippen molar-refractivity contribution in [2.75, 3.05) is 44.2 Å². The number of unbranched alkanes of at least 4 members (excludes halogenated alkanes) is 1. The molecule has 0 unspecified atom stereocenters. The van der Waals surface area contributed by atoms with Gasteiger partial charge in [-0.15, -0.1) is 11.3 Å². The number of nitrogens with two attached hydrogens (primary N) is 1. The second-order valence-corrected chi connectivity index (χ2v) is 7.43. The lowest BCUT2D eigenvalue weighted by atomic mass is 9.93. The Hall–Kier alpha value is -0.650. The van der Waals surface area contributed by atoms with Crippen molar-refractivity contribution >= 4 is 16.5 Å². The van der Waals surface area contributed by atoms with Gasteiger partial charge in [0.2, 0.25) is 0 Å². The highest BCUT2D eigenvalue weighted by atomic mass is 32.1. The van der Waals surface area contributed by atoms with Crippen LogP contribution in [-0.4, -0.2) is 49.2 Å². The number of hydrogen-bond donors (Lipinski definition) is 1. The van der Waals surface area contributed by atoms with Gasteiger partial charge in [-0.05, 0) is 25.9 Å². The van der Waals surface area contributed by atoms with Crippen LogP contribution in [0, 0.1) is 0 Å². The lowest BCUT2D eigenvalue weighted by Crippen LogP contribution is -2.46. The summed E-state index contributed by atoms with van der Waals surface area (Å²) in [7, 11) is 0. The SMILES string of the molecule is CC(C)(C)c1csc(N2CCN(CCCCN)CC2)n1. The monoisotopic (exact) mass is 296 g/mol. The van der Waals surface area contributed by atoms with E-state index in [-0.39, 0.29) is 5.41 Å². The molecule has 20 heavy (non-hydrogen) atoms. The quantitative estimate of drug-likeness (QED) is 0.847. The van der Waals surface area contributed by atoms with Crippen LogP contribution in [0.5, 0.6) is 0 Å². The zero-order valence-electron chi connectivity index (χ0n) is 13.1. The third-order valence-corrected chi connectivity index (χ3v) is 4.73. The van der Waals surface area contributed by atoms with Gasteiger partial charge in [-0.3, -0.25) is 4.90 Å². The summed E-state index contributed by atoms with van der Waals surface area (Å²) in [4.78, 5) is 9.79. The molecule has 1 aliphatic rings. The van der Waals surface area contributed by atoms with E-state index in [1.807, 2.05) is 0 Å². The van der Waals surface area contributed by atoms with Crippen molar-refractivity contribution in [3.05, 3.63) is 11.1 Å². The Morgan fingerprint density at radius 2 is 1.90 bits per heavy atom. The van der Waals surface area contributed by atoms with E-state index in [4.69, 9.17) is 10.7 Å². The third kappa shape index (κ3) is 4.17. The average Bonchev–Trinajstić information content (AvgIpc) is 2.89. The van der Waals surface area contributed by atoms with Crippen LogP contribution in [0.2, 0.25) is 0 Å². The Labute approximate surface area is 127 Å². The fourth-order valence-electron chi connectivity index (χ4n) is 2.40. The molecular weight excluding hydrogens is 268 g/mol. The van der Waals surface area contributed by atoms with Gasteiger partial charge < -0.3 is 10.6 Å². The minimum Gasteiger partial charge on any atom is -0.346 e. The summed E-state index contributed by atoms with van der Waals surface area (Å²) in [6.45, 7) is 13.2. The van der Waals surface area contributed by atoms with E-state index < -0.39 is 0 Å². The van der Waals surface area contributed by atoms with E-state index in [2.05, 4.69) is 36.0 Å². The van der Waals surface area contributed by atoms with Crippen LogP contribution in [0.3, 0.4) is 0 Å². The molecule has 0 aliphatic carbocycles. The Balaban J connectivity index is 1.83. The summed E-state index contributed by atoms with van der Waals surface area (Å²) < 4.78 is 0. The number of anilines is 1. The molecule has 2 N–H and O–H groups in total. The zero-order chi connectivity index (χ0) is 14.6. The molecule has 0 spiro atoms. The van der Waals surface area contributed by atoms with Crippen molar-refractivity contribution < 1.29 is 0 Å². The van der Waals surface area contributed by atoms with Crippen LogP contribution in [0.1, 0.15) is 39.3 Å². The molecule has 0 radical (unpaired) electrons. The molecule has 0 saturated carbocycles. The maximum Gasteiger partial charge on any atom is 0.185 e. The number of piperazine rings is 1. The summed E-state index contributed by atoms with van der Waals surface area (Å²) in [6.07, 6.45) is 2.36. The average molecular weight is 296 g/mol. The van der Waals surface area contributed by atoms with Crippen molar-refractivity contribution in [2.24, 2.45) is 5.73 Å². The van der Waals surface area contributed by atoms with Gasteiger partial charge in [0.1, 0.15) is 0 Å². The maximum absolute atomic E-state index is 5.55. The Kier molecular flexibility index (Phi) is 5.41. The first kappa shape index (κ1) is 15.7. The molecule has 2 rings (SSSR count). The normalized spacial score (nSPS) is 17.7. The topological polar surface area (TPSA) is 45.4 Å². The summed E-state index contributed by atoms with van der Waals surface area (Å²) in [6, 6.07) is 0. The Bertz CT molecular complexity index is 402. The summed E-state index contributed by atoms with van der Waals surface area (Å²) in [5, 5.41) is 3.40. The highest BCUT2D eigenvalue weighted by molar-refractivity contribution is 7.13. The van der Waals surface area contributed by atoms with E-state index in [0.717, 1.165) is 39.1 Å². The van der Waals surface area contributed by atoms with Gasteiger partial charge in [0, 0.05) is 37.0 Å². The van der Waals surface area contributed by atoms with Crippen molar-refractivity contribution in [3.63, 3.8) is 0 Å². The van der Waals surface area contributed by atoms with Crippen LogP contribution in [0.15, 0.2) is 5.38 Å². The van der Waals surface area contributed by atoms with E-state index >= 15 is 0 Å². The number of thiazole rings is 1. The smallest absolute Gasteiger partial charge is 0.185 e. The highest BCUT2D eigenvalue weighted by Gasteiger charge is 2.22. The predicted octanol–water partition coefficient (Wildman–Crippen LogP) is 2.30. The molecule has 0 aromatic carbocycles. The summed E-state index contributed by atoms with van der Waals surface area (Å²) in [5.74, 6) is 0. The van der Waals surface area contributed by atoms with Gasteiger partial charge in [-0.2, -0.15) is 0 Å². The lowest BCUT2D eigenvalue weighted by Gasteiger charge is -2.34. The molecule has 0 amide bonds. The molecule has 1 aromatic rings. The summed E-state index contributed by atoms with van der Waals surface area (Å²) >= 11 is 1.79. The van der Waals surface area contributed by atoms with Gasteiger partial charge in [0.05, 0.1) is 5.69 Å². The fraction of sp³-hybridized carbons (Fsp3) is 0.800. The molecule has 0 atom stereocenters.